The van der Waals surface area contributed by atoms with Gasteiger partial charge in [-0.3, -0.25) is 24.6 Å². The lowest BCUT2D eigenvalue weighted by Gasteiger charge is -2.42. The maximum Gasteiger partial charge on any atom is 0.251 e. The van der Waals surface area contributed by atoms with E-state index < -0.39 is 48.3 Å². The van der Waals surface area contributed by atoms with Gasteiger partial charge >= 0.3 is 0 Å². The third-order valence-corrected chi connectivity index (χ3v) is 6.28. The molecule has 1 fully saturated rings. The van der Waals surface area contributed by atoms with E-state index in [9.17, 15) is 23.6 Å². The molecule has 0 bridgehead atoms. The second kappa shape index (κ2) is 13.2. The molecule has 10 nitrogen and oxygen atoms in total. The molecule has 35 heavy (non-hydrogen) atoms. The summed E-state index contributed by atoms with van der Waals surface area (Å²) < 4.78 is 13.8. The Labute approximate surface area is 212 Å². The van der Waals surface area contributed by atoms with Crippen LogP contribution in [0.25, 0.3) is 0 Å². The first kappa shape index (κ1) is 28.2. The van der Waals surface area contributed by atoms with E-state index in [1.807, 2.05) is 0 Å². The quantitative estimate of drug-likeness (QED) is 0.148. The predicted molar refractivity (Wildman–Crippen MR) is 132 cm³/mol. The number of hydrogen-bond acceptors (Lipinski definition) is 5. The number of carbonyl (C=O) groups is 4. The van der Waals surface area contributed by atoms with Crippen LogP contribution in [0.5, 0.6) is 0 Å². The van der Waals surface area contributed by atoms with Crippen molar-refractivity contribution in [2.75, 3.05) is 19.8 Å². The van der Waals surface area contributed by atoms with Crippen LogP contribution >= 0.6 is 15.9 Å². The summed E-state index contributed by atoms with van der Waals surface area (Å²) in [4.78, 5) is 52.1. The van der Waals surface area contributed by atoms with Crippen LogP contribution in [-0.4, -0.2) is 72.3 Å². The van der Waals surface area contributed by atoms with Crippen LogP contribution in [0.2, 0.25) is 0 Å². The van der Waals surface area contributed by atoms with Crippen LogP contribution in [-0.2, 0) is 14.4 Å². The summed E-state index contributed by atoms with van der Waals surface area (Å²) in [5.74, 6) is -2.56. The summed E-state index contributed by atoms with van der Waals surface area (Å²) in [5, 5.41) is 15.0. The van der Waals surface area contributed by atoms with Gasteiger partial charge in [0.25, 0.3) is 5.91 Å². The molecule has 0 saturated carbocycles. The van der Waals surface area contributed by atoms with E-state index in [1.54, 1.807) is 38.1 Å². The van der Waals surface area contributed by atoms with Gasteiger partial charge in [-0.2, -0.15) is 0 Å². The predicted octanol–water partition coefficient (Wildman–Crippen LogP) is 1.09. The Hall–Kier alpha value is -3.02. The van der Waals surface area contributed by atoms with Crippen LogP contribution in [0.4, 0.5) is 4.39 Å². The Morgan fingerprint density at radius 1 is 1.20 bits per heavy atom. The Morgan fingerprint density at radius 3 is 2.37 bits per heavy atom. The number of rotatable bonds is 12. The standard InChI is InChI=1S/C23H32BrFN6O4/c1-13(2)19(30-20(33)14-5-7-15(24)8-6-14)22(35)31-11-9-17(31)21(34)29-16(18(32)12-25)4-3-10-28-23(26)27/h5-8,13,16-17,19H,3-4,9-12H2,1-2H3,(H,29,34)(H,30,33)(H4,26,27,28)/t16-,17-,19-/m0/s1. The van der Waals surface area contributed by atoms with Crippen LogP contribution < -0.4 is 21.7 Å². The zero-order chi connectivity index (χ0) is 26.1. The van der Waals surface area contributed by atoms with Gasteiger partial charge in [0.2, 0.25) is 11.8 Å². The summed E-state index contributed by atoms with van der Waals surface area (Å²) in [5.41, 5.74) is 5.61. The molecule has 1 aliphatic rings. The fraction of sp³-hybridized carbons (Fsp3) is 0.522. The van der Waals surface area contributed by atoms with Gasteiger partial charge in [0.15, 0.2) is 11.7 Å². The molecule has 1 aromatic carbocycles. The molecule has 1 saturated heterocycles. The van der Waals surface area contributed by atoms with Crippen LogP contribution in [0, 0.1) is 11.3 Å². The molecule has 0 aromatic heterocycles. The first-order chi connectivity index (χ1) is 16.5. The lowest BCUT2D eigenvalue weighted by atomic mass is 9.95. The summed E-state index contributed by atoms with van der Waals surface area (Å²) in [6.07, 6.45) is 0.930. The largest absolute Gasteiger partial charge is 0.370 e. The van der Waals surface area contributed by atoms with Crippen molar-refractivity contribution in [3.63, 3.8) is 0 Å². The molecule has 0 aliphatic carbocycles. The van der Waals surface area contributed by atoms with Gasteiger partial charge in [-0.1, -0.05) is 29.8 Å². The van der Waals surface area contributed by atoms with Crippen molar-refractivity contribution in [1.29, 1.82) is 5.41 Å². The molecular formula is C23H32BrFN6O4. The molecule has 6 N–H and O–H groups in total. The summed E-state index contributed by atoms with van der Waals surface area (Å²) in [6, 6.07) is 4.02. The Bertz CT molecular complexity index is 942. The molecule has 0 spiro atoms. The number of hydrogen-bond donors (Lipinski definition) is 5. The maximum absolute atomic E-state index is 13.2. The number of ketones is 1. The van der Waals surface area contributed by atoms with E-state index in [0.29, 0.717) is 31.5 Å². The monoisotopic (exact) mass is 554 g/mol. The lowest BCUT2D eigenvalue weighted by Crippen LogP contribution is -2.64. The van der Waals surface area contributed by atoms with Gasteiger partial charge < -0.3 is 26.6 Å². The minimum Gasteiger partial charge on any atom is -0.370 e. The van der Waals surface area contributed by atoms with Crippen molar-refractivity contribution in [3.8, 4) is 0 Å². The molecule has 12 heteroatoms. The number of nitrogens with two attached hydrogens (primary N) is 1. The number of guanidine groups is 1. The number of benzene rings is 1. The minimum atomic E-state index is -1.23. The maximum atomic E-state index is 13.2. The van der Waals surface area contributed by atoms with Gasteiger partial charge in [0.05, 0.1) is 6.04 Å². The van der Waals surface area contributed by atoms with Gasteiger partial charge in [0.1, 0.15) is 18.8 Å². The highest BCUT2D eigenvalue weighted by molar-refractivity contribution is 9.10. The van der Waals surface area contributed by atoms with Gasteiger partial charge in [-0.05, 0) is 49.4 Å². The molecule has 3 atom stereocenters. The Kier molecular flexibility index (Phi) is 10.6. The second-order valence-corrected chi connectivity index (χ2v) is 9.60. The van der Waals surface area contributed by atoms with Crippen LogP contribution in [0.1, 0.15) is 43.5 Å². The molecule has 0 radical (unpaired) electrons. The third kappa shape index (κ3) is 8.01. The molecular weight excluding hydrogens is 523 g/mol. The van der Waals surface area contributed by atoms with E-state index in [2.05, 4.69) is 31.9 Å². The third-order valence-electron chi connectivity index (χ3n) is 5.75. The number of amides is 3. The first-order valence-corrected chi connectivity index (χ1v) is 12.2. The number of Topliss-reactive ketones (excluding diaryl/α,β-unsaturated/α-hetero) is 1. The smallest absolute Gasteiger partial charge is 0.251 e. The zero-order valence-corrected chi connectivity index (χ0v) is 21.4. The van der Waals surface area contributed by atoms with Gasteiger partial charge in [-0.15, -0.1) is 0 Å². The number of halogens is 2. The molecule has 1 aliphatic heterocycles. The van der Waals surface area contributed by atoms with Crippen LogP contribution in [0.15, 0.2) is 28.7 Å². The van der Waals surface area contributed by atoms with E-state index in [-0.39, 0.29) is 18.3 Å². The Balaban J connectivity index is 2.01. The summed E-state index contributed by atoms with van der Waals surface area (Å²) >= 11 is 3.31. The number of carbonyl (C=O) groups excluding carboxylic acids is 4. The summed E-state index contributed by atoms with van der Waals surface area (Å²) in [7, 11) is 0. The zero-order valence-electron chi connectivity index (χ0n) is 19.8. The average Bonchev–Trinajstić information content (AvgIpc) is 2.77. The van der Waals surface area contributed by atoms with Gasteiger partial charge in [0, 0.05) is 23.1 Å². The number of likely N-dealkylation sites (tertiary alicyclic amines) is 1. The fourth-order valence-electron chi connectivity index (χ4n) is 3.65. The Morgan fingerprint density at radius 2 is 1.86 bits per heavy atom. The minimum absolute atomic E-state index is 0.160. The highest BCUT2D eigenvalue weighted by Gasteiger charge is 2.42. The summed E-state index contributed by atoms with van der Waals surface area (Å²) in [6.45, 7) is 2.99. The van der Waals surface area contributed by atoms with E-state index >= 15 is 0 Å². The van der Waals surface area contributed by atoms with Gasteiger partial charge in [-0.25, -0.2) is 4.39 Å². The number of nitrogens with zero attached hydrogens (tertiary/aromatic N) is 1. The normalized spacial score (nSPS) is 16.6. The molecule has 0 unspecified atom stereocenters. The molecule has 1 heterocycles. The van der Waals surface area contributed by atoms with Crippen molar-refractivity contribution < 1.29 is 23.6 Å². The van der Waals surface area contributed by atoms with Crippen LogP contribution in [0.3, 0.4) is 0 Å². The fourth-order valence-corrected chi connectivity index (χ4v) is 3.91. The number of alkyl halides is 1. The molecule has 1 aromatic rings. The van der Waals surface area contributed by atoms with E-state index in [4.69, 9.17) is 11.1 Å². The van der Waals surface area contributed by atoms with Crippen molar-refractivity contribution in [2.24, 2.45) is 11.7 Å². The molecule has 2 rings (SSSR count). The topological polar surface area (TPSA) is 157 Å². The average molecular weight is 555 g/mol. The van der Waals surface area contributed by atoms with Crippen molar-refractivity contribution in [3.05, 3.63) is 34.3 Å². The number of nitrogens with one attached hydrogen (secondary N) is 4. The van der Waals surface area contributed by atoms with Crippen molar-refractivity contribution in [2.45, 2.75) is 51.2 Å². The second-order valence-electron chi connectivity index (χ2n) is 8.68. The first-order valence-electron chi connectivity index (χ1n) is 11.4. The van der Waals surface area contributed by atoms with Crippen molar-refractivity contribution >= 4 is 45.4 Å². The highest BCUT2D eigenvalue weighted by atomic mass is 79.9. The van der Waals surface area contributed by atoms with Crippen molar-refractivity contribution in [1.82, 2.24) is 20.9 Å². The lowest BCUT2D eigenvalue weighted by molar-refractivity contribution is -0.150. The van der Waals surface area contributed by atoms with E-state index in [1.165, 1.54) is 4.90 Å². The molecule has 192 valence electrons. The SMILES string of the molecule is CC(C)[C@H](NC(=O)c1ccc(Br)cc1)C(=O)N1CC[C@H]1C(=O)N[C@@H](CCCNC(=N)N)C(=O)CF. The van der Waals surface area contributed by atoms with E-state index in [0.717, 1.165) is 4.47 Å². The highest BCUT2D eigenvalue weighted by Crippen LogP contribution is 2.22. The molecule has 3 amide bonds.